The van der Waals surface area contributed by atoms with Crippen molar-refractivity contribution in [1.82, 2.24) is 0 Å². The van der Waals surface area contributed by atoms with Crippen LogP contribution in [-0.2, 0) is 61.6 Å². The van der Waals surface area contributed by atoms with Crippen LogP contribution in [0.4, 0.5) is 0 Å². The van der Waals surface area contributed by atoms with Crippen molar-refractivity contribution in [2.24, 2.45) is 11.8 Å². The molecular weight excluding hydrogens is 837 g/mol. The zero-order chi connectivity index (χ0) is 44.6. The number of hydrogen-bond acceptors (Lipinski definition) is 14. The first kappa shape index (κ1) is 45.6. The predicted molar refractivity (Wildman–Crippen MR) is 234 cm³/mol. The Bertz CT molecular complexity index is 1770. The Morgan fingerprint density at radius 3 is 2.34 bits per heavy atom. The van der Waals surface area contributed by atoms with Crippen LogP contribution in [0.3, 0.4) is 0 Å². The van der Waals surface area contributed by atoms with Crippen LogP contribution in [0.2, 0.25) is 0 Å². The largest absolute Gasteiger partial charge is 0.459 e. The Labute approximate surface area is 384 Å². The van der Waals surface area contributed by atoms with E-state index < -0.39 is 54.3 Å². The molecule has 0 aromatic rings. The molecule has 0 amide bonds. The third-order valence-electron chi connectivity index (χ3n) is 17.2. The molecule has 0 aromatic carbocycles. The number of hydrogen-bond donors (Lipinski definition) is 1. The molecule has 1 spiro atoms. The number of rotatable bonds is 7. The smallest absolute Gasteiger partial charge is 0.308 e. The minimum absolute atomic E-state index is 0.00282. The van der Waals surface area contributed by atoms with Gasteiger partial charge in [-0.3, -0.25) is 4.79 Å². The molecule has 12 fully saturated rings. The van der Waals surface area contributed by atoms with Gasteiger partial charge in [0.15, 0.2) is 5.79 Å². The zero-order valence-corrected chi connectivity index (χ0v) is 38.6. The van der Waals surface area contributed by atoms with Crippen LogP contribution >= 0.6 is 0 Å². The van der Waals surface area contributed by atoms with Crippen LogP contribution in [0.15, 0.2) is 37.0 Å². The number of esters is 1. The Morgan fingerprint density at radius 1 is 0.723 bits per heavy atom. The SMILES string of the molecule is C=CCO[C@]12C[C@]34CCC5CC(=C)[C@H](CCC6C[C@@H](C)C(=C)C(C[C@@H]7O[C@H]8C[C@@H](OC9CCCCC9)C(CCO)O[C@H]8[C@H](C)[C@H]7OC(=O)C[C@H]7CC[C@@H]8O[C@H]([C@@H](O1)[C@@H](O3)C8O7)[C@H]2O4)O6)O5. The lowest BCUT2D eigenvalue weighted by molar-refractivity contribution is -0.305. The summed E-state index contributed by atoms with van der Waals surface area (Å²) >= 11 is 0. The average molecular weight is 911 g/mol. The maximum Gasteiger partial charge on any atom is 0.308 e. The van der Waals surface area contributed by atoms with Crippen LogP contribution in [-0.4, -0.2) is 146 Å². The van der Waals surface area contributed by atoms with Gasteiger partial charge in [0.2, 0.25) is 5.79 Å². The minimum Gasteiger partial charge on any atom is -0.459 e. The fraction of sp³-hybridized carbons (Fsp3) is 0.863. The lowest BCUT2D eigenvalue weighted by Gasteiger charge is -2.52. The van der Waals surface area contributed by atoms with Gasteiger partial charge in [-0.15, -0.1) is 6.58 Å². The van der Waals surface area contributed by atoms with Gasteiger partial charge >= 0.3 is 5.97 Å². The quantitative estimate of drug-likeness (QED) is 0.220. The van der Waals surface area contributed by atoms with Crippen molar-refractivity contribution in [1.29, 1.82) is 0 Å². The summed E-state index contributed by atoms with van der Waals surface area (Å²) in [6, 6.07) is 0. The molecule has 11 saturated heterocycles. The Morgan fingerprint density at radius 2 is 1.51 bits per heavy atom. The number of carbonyl (C=O) groups is 1. The standard InChI is InChI=1S/C51H74O14/c1-6-20-54-51-26-50-18-16-34-22-28(3)35(56-34)14-12-32-21-27(2)29(4)38(57-32)24-40-44(30(5)43-41(59-40)25-39(36(60-43)17-19-52)55-31-10-8-7-9-11-31)62-42(53)23-33-13-15-37-45(58-33)46(63-50)47(64-51)48(61-37)49(51)65-50/h6,27,30-41,43-49,52H,1,3-4,7-26H2,2,5H3/t27-,30+,32?,33-,34?,35+,36?,37+,38?,39-,40+,41+,43+,44-,45?,46+,47+,48-,49-,50-,51-/m1/s1. The third kappa shape index (κ3) is 8.68. The highest BCUT2D eigenvalue weighted by Crippen LogP contribution is 2.59. The Kier molecular flexibility index (Phi) is 13.0. The molecule has 12 bridgehead atoms. The van der Waals surface area contributed by atoms with Gasteiger partial charge in [0.05, 0.1) is 92.7 Å². The molecule has 12 aliphatic rings. The van der Waals surface area contributed by atoms with E-state index in [0.29, 0.717) is 58.0 Å². The molecule has 0 aromatic heterocycles. The van der Waals surface area contributed by atoms with E-state index in [1.165, 1.54) is 19.3 Å². The second kappa shape index (κ2) is 18.5. The van der Waals surface area contributed by atoms with Gasteiger partial charge in [0.25, 0.3) is 0 Å². The van der Waals surface area contributed by atoms with Crippen LogP contribution < -0.4 is 0 Å². The summed E-state index contributed by atoms with van der Waals surface area (Å²) in [6.45, 7) is 17.6. The molecule has 14 nitrogen and oxygen atoms in total. The zero-order valence-electron chi connectivity index (χ0n) is 38.6. The van der Waals surface area contributed by atoms with E-state index in [0.717, 1.165) is 49.7 Å². The molecule has 5 unspecified atom stereocenters. The van der Waals surface area contributed by atoms with E-state index in [2.05, 4.69) is 33.6 Å². The molecule has 21 atom stereocenters. The fourth-order valence-electron chi connectivity index (χ4n) is 13.9. The van der Waals surface area contributed by atoms with Gasteiger partial charge in [0, 0.05) is 31.8 Å². The first-order valence-electron chi connectivity index (χ1n) is 25.5. The van der Waals surface area contributed by atoms with E-state index in [1.54, 1.807) is 6.08 Å². The van der Waals surface area contributed by atoms with Crippen molar-refractivity contribution >= 4 is 5.97 Å². The number of fused-ring (bicyclic) bond motifs is 7. The first-order chi connectivity index (χ1) is 31.5. The van der Waals surface area contributed by atoms with Gasteiger partial charge in [-0.1, -0.05) is 52.3 Å². The number of ether oxygens (including phenoxy) is 12. The maximum absolute atomic E-state index is 14.4. The molecule has 65 heavy (non-hydrogen) atoms. The predicted octanol–water partition coefficient (Wildman–Crippen LogP) is 6.47. The van der Waals surface area contributed by atoms with Crippen LogP contribution in [0.25, 0.3) is 0 Å². The third-order valence-corrected chi connectivity index (χ3v) is 17.2. The summed E-state index contributed by atoms with van der Waals surface area (Å²) in [5, 5.41) is 10.2. The summed E-state index contributed by atoms with van der Waals surface area (Å²) in [5.41, 5.74) is 2.15. The lowest BCUT2D eigenvalue weighted by atomic mass is 9.79. The van der Waals surface area contributed by atoms with Crippen molar-refractivity contribution in [3.05, 3.63) is 37.0 Å². The number of carbonyl (C=O) groups excluding carboxylic acids is 1. The van der Waals surface area contributed by atoms with Gasteiger partial charge in [-0.25, -0.2) is 0 Å². The van der Waals surface area contributed by atoms with E-state index >= 15 is 0 Å². The van der Waals surface area contributed by atoms with Crippen molar-refractivity contribution in [2.75, 3.05) is 13.2 Å². The molecule has 12 rings (SSSR count). The van der Waals surface area contributed by atoms with Crippen molar-refractivity contribution < 1.29 is 66.7 Å². The normalized spacial score (nSPS) is 51.1. The monoisotopic (exact) mass is 911 g/mol. The van der Waals surface area contributed by atoms with E-state index in [1.807, 2.05) is 0 Å². The van der Waals surface area contributed by atoms with Crippen molar-refractivity contribution in [3.63, 3.8) is 0 Å². The van der Waals surface area contributed by atoms with Gasteiger partial charge in [-0.2, -0.15) is 0 Å². The molecule has 11 heterocycles. The van der Waals surface area contributed by atoms with Crippen LogP contribution in [0.5, 0.6) is 0 Å². The van der Waals surface area contributed by atoms with Crippen molar-refractivity contribution in [2.45, 2.75) is 251 Å². The molecule has 11 aliphatic heterocycles. The second-order valence-corrected chi connectivity index (χ2v) is 21.6. The average Bonchev–Trinajstić information content (AvgIpc) is 3.85. The number of aliphatic hydroxyl groups excluding tert-OH is 1. The van der Waals surface area contributed by atoms with Gasteiger partial charge in [-0.05, 0) is 81.3 Å². The topological polar surface area (TPSA) is 148 Å². The molecule has 0 radical (unpaired) electrons. The van der Waals surface area contributed by atoms with E-state index in [-0.39, 0.29) is 98.0 Å². The Balaban J connectivity index is 0.876. The molecular formula is C51H74O14. The van der Waals surface area contributed by atoms with Crippen LogP contribution in [0.1, 0.15) is 129 Å². The molecule has 14 heteroatoms. The molecule has 1 saturated carbocycles. The highest BCUT2D eigenvalue weighted by atomic mass is 16.8. The maximum atomic E-state index is 14.4. The second-order valence-electron chi connectivity index (χ2n) is 21.6. The minimum atomic E-state index is -1.04. The van der Waals surface area contributed by atoms with Gasteiger partial charge < -0.3 is 61.9 Å². The van der Waals surface area contributed by atoms with E-state index in [4.69, 9.17) is 56.8 Å². The summed E-state index contributed by atoms with van der Waals surface area (Å²) in [4.78, 5) is 14.4. The molecule has 1 N–H and O–H groups in total. The van der Waals surface area contributed by atoms with E-state index in [9.17, 15) is 9.90 Å². The summed E-state index contributed by atoms with van der Waals surface area (Å²) < 4.78 is 82.3. The first-order valence-corrected chi connectivity index (χ1v) is 25.5. The van der Waals surface area contributed by atoms with Crippen molar-refractivity contribution in [3.8, 4) is 0 Å². The fourth-order valence-corrected chi connectivity index (χ4v) is 13.9. The van der Waals surface area contributed by atoms with Gasteiger partial charge in [0.1, 0.15) is 36.6 Å². The molecule has 362 valence electrons. The highest BCUT2D eigenvalue weighted by Gasteiger charge is 2.75. The van der Waals surface area contributed by atoms with Crippen LogP contribution in [0, 0.1) is 11.8 Å². The summed E-state index contributed by atoms with van der Waals surface area (Å²) in [5.74, 6) is -2.36. The summed E-state index contributed by atoms with van der Waals surface area (Å²) in [6.07, 6.45) is 9.93. The molecule has 1 aliphatic carbocycles. The number of aliphatic hydroxyl groups is 1. The lowest BCUT2D eigenvalue weighted by Crippen LogP contribution is -2.62. The summed E-state index contributed by atoms with van der Waals surface area (Å²) in [7, 11) is 0. The highest BCUT2D eigenvalue weighted by molar-refractivity contribution is 5.70. The Hall–Kier alpha value is -1.79.